The summed E-state index contributed by atoms with van der Waals surface area (Å²) in [4.78, 5) is 25.1. The molecule has 3 rings (SSSR count). The van der Waals surface area contributed by atoms with Gasteiger partial charge in [0.2, 0.25) is 0 Å². The molecule has 4 nitrogen and oxygen atoms in total. The van der Waals surface area contributed by atoms with Crippen molar-refractivity contribution in [2.75, 3.05) is 4.90 Å². The molecule has 118 valence electrons. The van der Waals surface area contributed by atoms with E-state index in [2.05, 4.69) is 4.74 Å². The van der Waals surface area contributed by atoms with Crippen LogP contribution < -0.4 is 9.64 Å². The molecule has 8 heteroatoms. The van der Waals surface area contributed by atoms with Crippen molar-refractivity contribution < 1.29 is 31.9 Å². The fourth-order valence-electron chi connectivity index (χ4n) is 2.29. The van der Waals surface area contributed by atoms with E-state index < -0.39 is 35.4 Å². The quantitative estimate of drug-likeness (QED) is 0.627. The number of hydrogen-bond acceptors (Lipinski definition) is 3. The maximum atomic E-state index is 13.2. The standard InChI is InChI=1S/C15H7F4NO3/c16-8-5-6-11(12(7-8)23-15(17,18)19)20-13(21)9-3-1-2-4-10(9)14(20)22/h1-7H. The van der Waals surface area contributed by atoms with Gasteiger partial charge in [0.15, 0.2) is 5.75 Å². The summed E-state index contributed by atoms with van der Waals surface area (Å²) in [7, 11) is 0. The van der Waals surface area contributed by atoms with Crippen molar-refractivity contribution in [2.45, 2.75) is 6.36 Å². The van der Waals surface area contributed by atoms with Crippen LogP contribution in [0.1, 0.15) is 20.7 Å². The molecule has 0 spiro atoms. The average Bonchev–Trinajstić information content (AvgIpc) is 2.71. The molecular formula is C15H7F4NO3. The third kappa shape index (κ3) is 2.63. The number of rotatable bonds is 2. The Morgan fingerprint density at radius 3 is 2.00 bits per heavy atom. The summed E-state index contributed by atoms with van der Waals surface area (Å²) in [6, 6.07) is 7.98. The lowest BCUT2D eigenvalue weighted by Crippen LogP contribution is -2.30. The van der Waals surface area contributed by atoms with E-state index in [1.54, 1.807) is 0 Å². The van der Waals surface area contributed by atoms with Crippen LogP contribution in [-0.2, 0) is 0 Å². The normalized spacial score (nSPS) is 14.2. The van der Waals surface area contributed by atoms with Gasteiger partial charge in [0.05, 0.1) is 16.8 Å². The van der Waals surface area contributed by atoms with Gasteiger partial charge >= 0.3 is 6.36 Å². The fraction of sp³-hybridized carbons (Fsp3) is 0.0667. The highest BCUT2D eigenvalue weighted by atomic mass is 19.4. The van der Waals surface area contributed by atoms with Gasteiger partial charge in [0.25, 0.3) is 11.8 Å². The first-order valence-corrected chi connectivity index (χ1v) is 6.31. The number of halogens is 4. The van der Waals surface area contributed by atoms with E-state index in [1.165, 1.54) is 24.3 Å². The number of fused-ring (bicyclic) bond motifs is 1. The maximum absolute atomic E-state index is 13.2. The molecule has 0 saturated carbocycles. The van der Waals surface area contributed by atoms with Gasteiger partial charge in [-0.2, -0.15) is 0 Å². The zero-order valence-corrected chi connectivity index (χ0v) is 11.2. The SMILES string of the molecule is O=C1c2ccccc2C(=O)N1c1ccc(F)cc1OC(F)(F)F. The molecule has 2 amide bonds. The van der Waals surface area contributed by atoms with Crippen LogP contribution in [0.3, 0.4) is 0 Å². The molecule has 1 aliphatic rings. The van der Waals surface area contributed by atoms with Gasteiger partial charge in [-0.25, -0.2) is 9.29 Å². The van der Waals surface area contributed by atoms with Crippen LogP contribution >= 0.6 is 0 Å². The minimum atomic E-state index is -5.10. The summed E-state index contributed by atoms with van der Waals surface area (Å²) in [6.07, 6.45) is -5.10. The van der Waals surface area contributed by atoms with E-state index in [0.717, 1.165) is 12.1 Å². The third-order valence-electron chi connectivity index (χ3n) is 3.18. The number of anilines is 1. The zero-order valence-electron chi connectivity index (χ0n) is 11.2. The predicted octanol–water partition coefficient (Wildman–Crippen LogP) is 3.52. The second-order valence-electron chi connectivity index (χ2n) is 4.65. The van der Waals surface area contributed by atoms with Crippen LogP contribution in [0.15, 0.2) is 42.5 Å². The van der Waals surface area contributed by atoms with Crippen LogP contribution in [0.2, 0.25) is 0 Å². The van der Waals surface area contributed by atoms with Crippen LogP contribution in [0.5, 0.6) is 5.75 Å². The van der Waals surface area contributed by atoms with Gasteiger partial charge in [-0.1, -0.05) is 12.1 Å². The summed E-state index contributed by atoms with van der Waals surface area (Å²) in [5, 5.41) is 0. The van der Waals surface area contributed by atoms with E-state index in [1.807, 2.05) is 0 Å². The Hall–Kier alpha value is -2.90. The van der Waals surface area contributed by atoms with Crippen LogP contribution in [0.25, 0.3) is 0 Å². The molecule has 0 aliphatic carbocycles. The monoisotopic (exact) mass is 325 g/mol. The molecule has 0 N–H and O–H groups in total. The molecule has 1 aliphatic heterocycles. The van der Waals surface area contributed by atoms with Crippen LogP contribution in [-0.4, -0.2) is 18.2 Å². The molecule has 2 aromatic carbocycles. The number of amides is 2. The average molecular weight is 325 g/mol. The number of nitrogens with zero attached hydrogens (tertiary/aromatic N) is 1. The molecule has 0 atom stereocenters. The largest absolute Gasteiger partial charge is 0.573 e. The Bertz CT molecular complexity index is 782. The molecule has 23 heavy (non-hydrogen) atoms. The minimum absolute atomic E-state index is 0.0554. The van der Waals surface area contributed by atoms with Gasteiger partial charge in [0, 0.05) is 6.07 Å². The van der Waals surface area contributed by atoms with Crippen LogP contribution in [0, 0.1) is 5.82 Å². The first-order chi connectivity index (χ1) is 10.8. The van der Waals surface area contributed by atoms with E-state index >= 15 is 0 Å². The lowest BCUT2D eigenvalue weighted by atomic mass is 10.1. The Kier molecular flexibility index (Phi) is 3.32. The van der Waals surface area contributed by atoms with Crippen molar-refractivity contribution in [3.8, 4) is 5.75 Å². The lowest BCUT2D eigenvalue weighted by molar-refractivity contribution is -0.274. The number of carbonyl (C=O) groups is 2. The van der Waals surface area contributed by atoms with Gasteiger partial charge < -0.3 is 4.74 Å². The van der Waals surface area contributed by atoms with E-state index in [4.69, 9.17) is 0 Å². The molecule has 2 aromatic rings. The van der Waals surface area contributed by atoms with Crippen molar-refractivity contribution >= 4 is 17.5 Å². The molecule has 0 unspecified atom stereocenters. The van der Waals surface area contributed by atoms with Crippen molar-refractivity contribution in [3.05, 3.63) is 59.4 Å². The summed E-state index contributed by atoms with van der Waals surface area (Å²) in [5.41, 5.74) is -0.366. The summed E-state index contributed by atoms with van der Waals surface area (Å²) >= 11 is 0. The number of benzene rings is 2. The number of imide groups is 1. The van der Waals surface area contributed by atoms with Crippen molar-refractivity contribution in [1.82, 2.24) is 0 Å². The van der Waals surface area contributed by atoms with Gasteiger partial charge in [-0.05, 0) is 24.3 Å². The van der Waals surface area contributed by atoms with Crippen molar-refractivity contribution in [2.24, 2.45) is 0 Å². The molecule has 0 saturated heterocycles. The molecule has 1 heterocycles. The molecular weight excluding hydrogens is 318 g/mol. The maximum Gasteiger partial charge on any atom is 0.573 e. The summed E-state index contributed by atoms with van der Waals surface area (Å²) in [5.74, 6) is -3.56. The molecule has 0 fully saturated rings. The first-order valence-electron chi connectivity index (χ1n) is 6.31. The Labute approximate surface area is 126 Å². The fourth-order valence-corrected chi connectivity index (χ4v) is 2.29. The number of carbonyl (C=O) groups excluding carboxylic acids is 2. The highest BCUT2D eigenvalue weighted by molar-refractivity contribution is 6.34. The van der Waals surface area contributed by atoms with Crippen molar-refractivity contribution in [1.29, 1.82) is 0 Å². The Balaban J connectivity index is 2.10. The lowest BCUT2D eigenvalue weighted by Gasteiger charge is -2.19. The Morgan fingerprint density at radius 2 is 1.48 bits per heavy atom. The first kappa shape index (κ1) is 15.0. The van der Waals surface area contributed by atoms with Crippen LogP contribution in [0.4, 0.5) is 23.2 Å². The van der Waals surface area contributed by atoms with Gasteiger partial charge in [-0.15, -0.1) is 13.2 Å². The molecule has 0 radical (unpaired) electrons. The van der Waals surface area contributed by atoms with Gasteiger partial charge in [-0.3, -0.25) is 9.59 Å². The van der Waals surface area contributed by atoms with Crippen molar-refractivity contribution in [3.63, 3.8) is 0 Å². The molecule has 0 bridgehead atoms. The summed E-state index contributed by atoms with van der Waals surface area (Å²) < 4.78 is 54.4. The second-order valence-corrected chi connectivity index (χ2v) is 4.65. The zero-order chi connectivity index (χ0) is 16.8. The van der Waals surface area contributed by atoms with Gasteiger partial charge in [0.1, 0.15) is 5.82 Å². The van der Waals surface area contributed by atoms with E-state index in [-0.39, 0.29) is 11.1 Å². The summed E-state index contributed by atoms with van der Waals surface area (Å²) in [6.45, 7) is 0. The Morgan fingerprint density at radius 1 is 0.913 bits per heavy atom. The number of alkyl halides is 3. The minimum Gasteiger partial charge on any atom is -0.403 e. The highest BCUT2D eigenvalue weighted by Gasteiger charge is 2.40. The van der Waals surface area contributed by atoms with E-state index in [9.17, 15) is 27.2 Å². The predicted molar refractivity (Wildman–Crippen MR) is 70.7 cm³/mol. The second kappa shape index (κ2) is 5.08. The number of ether oxygens (including phenoxy) is 1. The highest BCUT2D eigenvalue weighted by Crippen LogP contribution is 2.37. The molecule has 0 aromatic heterocycles. The third-order valence-corrected chi connectivity index (χ3v) is 3.18. The van der Waals surface area contributed by atoms with E-state index in [0.29, 0.717) is 11.0 Å². The topological polar surface area (TPSA) is 46.6 Å². The smallest absolute Gasteiger partial charge is 0.403 e. The number of hydrogen-bond donors (Lipinski definition) is 0.